The molecular weight excluding hydrogens is 817 g/mol. The predicted octanol–water partition coefficient (Wildman–Crippen LogP) is 11.4. The molecule has 0 radical (unpaired) electrons. The predicted molar refractivity (Wildman–Crippen MR) is 271 cm³/mol. The van der Waals surface area contributed by atoms with Gasteiger partial charge in [-0.2, -0.15) is 0 Å². The molecule has 2 fully saturated rings. The first-order valence-corrected chi connectivity index (χ1v) is 25.4. The van der Waals surface area contributed by atoms with Crippen LogP contribution in [0.3, 0.4) is 0 Å². The highest BCUT2D eigenvalue weighted by atomic mass is 16.2. The summed E-state index contributed by atoms with van der Waals surface area (Å²) in [6, 6.07) is 10.1. The van der Waals surface area contributed by atoms with Crippen molar-refractivity contribution in [2.45, 2.75) is 210 Å². The molecule has 376 valence electrons. The number of rotatable bonds is 22. The molecular formula is C54H98N4O7. The molecule has 2 aliphatic carbocycles. The Bertz CT molecular complexity index is 1380. The SMILES string of the molecule is C1CCCCC1.CC(=O)CNC(=O)C1CCC1.CCC(C)C.CCCCC(=O)C(=O)NCC(C)=O.CCCCC(C(=O)N(C)C)c1ccccc1.CCCCC(CCC(C)C)C(=O)NC. The van der Waals surface area contributed by atoms with E-state index in [2.05, 4.69) is 64.4 Å². The summed E-state index contributed by atoms with van der Waals surface area (Å²) in [5.41, 5.74) is 1.13. The molecule has 2 atom stereocenters. The maximum Gasteiger partial charge on any atom is 0.287 e. The van der Waals surface area contributed by atoms with Crippen molar-refractivity contribution >= 4 is 41.0 Å². The number of benzene rings is 1. The lowest BCUT2D eigenvalue weighted by atomic mass is 9.85. The van der Waals surface area contributed by atoms with E-state index in [0.29, 0.717) is 12.3 Å². The average Bonchev–Trinajstić information content (AvgIpc) is 3.27. The van der Waals surface area contributed by atoms with Gasteiger partial charge in [0.05, 0.1) is 19.0 Å². The molecule has 0 aliphatic heterocycles. The van der Waals surface area contributed by atoms with E-state index in [1.165, 1.54) is 65.2 Å². The Morgan fingerprint density at radius 3 is 1.49 bits per heavy atom. The molecule has 0 bridgehead atoms. The Labute approximate surface area is 398 Å². The normalized spacial score (nSPS) is 13.5. The van der Waals surface area contributed by atoms with E-state index in [4.69, 9.17) is 0 Å². The lowest BCUT2D eigenvalue weighted by Crippen LogP contribution is -2.36. The third-order valence-electron chi connectivity index (χ3n) is 11.2. The number of ketones is 3. The molecule has 0 spiro atoms. The monoisotopic (exact) mass is 915 g/mol. The van der Waals surface area contributed by atoms with Crippen LogP contribution in [0.5, 0.6) is 0 Å². The Morgan fingerprint density at radius 2 is 1.11 bits per heavy atom. The van der Waals surface area contributed by atoms with E-state index in [9.17, 15) is 33.6 Å². The molecule has 0 heterocycles. The largest absolute Gasteiger partial charge is 0.359 e. The Kier molecular flexibility index (Phi) is 44.2. The Morgan fingerprint density at radius 1 is 0.631 bits per heavy atom. The summed E-state index contributed by atoms with van der Waals surface area (Å²) in [5.74, 6) is 1.28. The highest BCUT2D eigenvalue weighted by Crippen LogP contribution is 2.26. The molecule has 2 unspecified atom stereocenters. The molecule has 0 saturated heterocycles. The lowest BCUT2D eigenvalue weighted by molar-refractivity contribution is -0.138. The quantitative estimate of drug-likeness (QED) is 0.0977. The minimum atomic E-state index is -0.649. The molecule has 3 rings (SSSR count). The van der Waals surface area contributed by atoms with Gasteiger partial charge in [0.15, 0.2) is 0 Å². The fourth-order valence-electron chi connectivity index (χ4n) is 6.27. The Hall–Kier alpha value is -3.89. The van der Waals surface area contributed by atoms with Crippen molar-refractivity contribution in [2.24, 2.45) is 23.7 Å². The zero-order valence-corrected chi connectivity index (χ0v) is 43.8. The average molecular weight is 915 g/mol. The number of likely N-dealkylation sites (N-methyl/N-ethyl adjacent to an activating group) is 1. The summed E-state index contributed by atoms with van der Waals surface area (Å²) in [7, 11) is 5.38. The highest BCUT2D eigenvalue weighted by molar-refractivity contribution is 6.36. The van der Waals surface area contributed by atoms with Gasteiger partial charge in [-0.15, -0.1) is 0 Å². The van der Waals surface area contributed by atoms with Crippen LogP contribution in [-0.2, 0) is 33.6 Å². The molecule has 3 N–H and O–H groups in total. The molecule has 65 heavy (non-hydrogen) atoms. The maximum absolute atomic E-state index is 12.1. The lowest BCUT2D eigenvalue weighted by Gasteiger charge is -2.23. The maximum atomic E-state index is 12.1. The number of nitrogens with one attached hydrogen (secondary N) is 3. The van der Waals surface area contributed by atoms with Gasteiger partial charge in [0.2, 0.25) is 23.5 Å². The van der Waals surface area contributed by atoms with Gasteiger partial charge >= 0.3 is 0 Å². The van der Waals surface area contributed by atoms with Crippen LogP contribution in [0, 0.1) is 23.7 Å². The number of Topliss-reactive ketones (excluding diaryl/α,β-unsaturated/α-hetero) is 3. The molecule has 11 heteroatoms. The van der Waals surface area contributed by atoms with Gasteiger partial charge in [0, 0.05) is 39.4 Å². The van der Waals surface area contributed by atoms with E-state index in [1.54, 1.807) is 11.9 Å². The van der Waals surface area contributed by atoms with Crippen molar-refractivity contribution in [3.8, 4) is 0 Å². The number of nitrogens with zero attached hydrogens (tertiary/aromatic N) is 1. The van der Waals surface area contributed by atoms with Crippen LogP contribution in [-0.4, -0.2) is 80.1 Å². The number of carbonyl (C=O) groups excluding carboxylic acids is 7. The molecule has 11 nitrogen and oxygen atoms in total. The van der Waals surface area contributed by atoms with Gasteiger partial charge < -0.3 is 20.9 Å². The molecule has 1 aromatic carbocycles. The highest BCUT2D eigenvalue weighted by Gasteiger charge is 2.25. The van der Waals surface area contributed by atoms with Crippen LogP contribution in [0.2, 0.25) is 0 Å². The van der Waals surface area contributed by atoms with Gasteiger partial charge in [-0.05, 0) is 69.8 Å². The van der Waals surface area contributed by atoms with Crippen LogP contribution < -0.4 is 16.0 Å². The van der Waals surface area contributed by atoms with Crippen LogP contribution in [0.4, 0.5) is 0 Å². The van der Waals surface area contributed by atoms with Crippen LogP contribution >= 0.6 is 0 Å². The van der Waals surface area contributed by atoms with Crippen molar-refractivity contribution in [2.75, 3.05) is 34.2 Å². The van der Waals surface area contributed by atoms with Crippen molar-refractivity contribution in [3.05, 3.63) is 35.9 Å². The standard InChI is InChI=1S/C14H21NO.C12H25NO.C9H15NO3.C8H13NO2.C6H12.C5H12/c1-4-5-11-13(14(16)15(2)3)12-9-7-6-8-10-12;1-5-6-7-11(12(14)13-4)9-8-10(2)3;1-3-4-5-8(12)9(13)10-6-7(2)11;1-6(10)5-9-8(11)7-3-2-4-7;1-2-4-6-5-3-1;1-4-5(2)3/h6-10,13H,4-5,11H2,1-3H3;10-11H,5-9H2,1-4H3,(H,13,14);3-6H2,1-2H3,(H,10,13);7H,2-5H2,1H3,(H,9,11);1-6H2;5H,4H2,1-3H3. The van der Waals surface area contributed by atoms with E-state index in [-0.39, 0.29) is 66.6 Å². The van der Waals surface area contributed by atoms with Crippen LogP contribution in [0.1, 0.15) is 216 Å². The van der Waals surface area contributed by atoms with E-state index in [1.807, 2.05) is 51.4 Å². The fraction of sp³-hybridized carbons (Fsp3) is 0.759. The van der Waals surface area contributed by atoms with Crippen LogP contribution in [0.25, 0.3) is 0 Å². The molecule has 4 amide bonds. The van der Waals surface area contributed by atoms with E-state index >= 15 is 0 Å². The third kappa shape index (κ3) is 40.1. The van der Waals surface area contributed by atoms with Crippen LogP contribution in [0.15, 0.2) is 30.3 Å². The Balaban J connectivity index is -0.000000734. The molecule has 2 saturated carbocycles. The van der Waals surface area contributed by atoms with Gasteiger partial charge in [0.25, 0.3) is 5.91 Å². The summed E-state index contributed by atoms with van der Waals surface area (Å²) in [4.78, 5) is 79.2. The third-order valence-corrected chi connectivity index (χ3v) is 11.2. The second-order valence-electron chi connectivity index (χ2n) is 18.6. The first-order chi connectivity index (χ1) is 30.8. The molecule has 1 aromatic rings. The van der Waals surface area contributed by atoms with Crippen molar-refractivity contribution in [1.29, 1.82) is 0 Å². The van der Waals surface area contributed by atoms with Gasteiger partial charge in [0.1, 0.15) is 11.6 Å². The van der Waals surface area contributed by atoms with Gasteiger partial charge in [-0.1, -0.05) is 176 Å². The molecule has 2 aliphatic rings. The summed E-state index contributed by atoms with van der Waals surface area (Å²) < 4.78 is 0. The summed E-state index contributed by atoms with van der Waals surface area (Å²) in [5, 5.41) is 7.61. The zero-order valence-electron chi connectivity index (χ0n) is 43.8. The minimum absolute atomic E-state index is 0.0117. The first kappa shape index (κ1) is 65.4. The number of unbranched alkanes of at least 4 members (excludes halogenated alkanes) is 3. The first-order valence-electron chi connectivity index (χ1n) is 25.4. The molecule has 0 aromatic heterocycles. The van der Waals surface area contributed by atoms with Gasteiger partial charge in [-0.25, -0.2) is 0 Å². The minimum Gasteiger partial charge on any atom is -0.359 e. The smallest absolute Gasteiger partial charge is 0.287 e. The van der Waals surface area contributed by atoms with Crippen molar-refractivity contribution < 1.29 is 33.6 Å². The van der Waals surface area contributed by atoms with Crippen molar-refractivity contribution in [1.82, 2.24) is 20.9 Å². The number of hydrogen-bond donors (Lipinski definition) is 3. The summed E-state index contributed by atoms with van der Waals surface area (Å²) in [6.07, 6.45) is 24.0. The second kappa shape index (κ2) is 44.0. The van der Waals surface area contributed by atoms with Gasteiger partial charge in [-0.3, -0.25) is 33.6 Å². The summed E-state index contributed by atoms with van der Waals surface area (Å²) >= 11 is 0. The fourth-order valence-corrected chi connectivity index (χ4v) is 6.27. The topological polar surface area (TPSA) is 159 Å². The number of amides is 4. The number of hydrogen-bond acceptors (Lipinski definition) is 7. The summed E-state index contributed by atoms with van der Waals surface area (Å²) in [6.45, 7) is 20.3. The number of carbonyl (C=O) groups is 7. The zero-order chi connectivity index (χ0) is 50.0. The second-order valence-corrected chi connectivity index (χ2v) is 18.6. The van der Waals surface area contributed by atoms with Crippen molar-refractivity contribution in [3.63, 3.8) is 0 Å². The van der Waals surface area contributed by atoms with E-state index < -0.39 is 11.7 Å². The van der Waals surface area contributed by atoms with E-state index in [0.717, 1.165) is 82.1 Å².